The maximum Gasteiger partial charge on any atom is 0.410 e. The standard InChI is InChI=1S/C28H43N3O6/c1-8-19(4)22(24(33)34)29-23(32)21(18(2)3)30-25(35)28(20-12-10-9-11-13-20)14-16-31(17-15-28)26(36)37-27(5,6)7/h9-13,18-19,21-22H,8,14-17H2,1-7H3,(H,29,32)(H,30,35)(H,33,34)/t19?,21-,22-/m0/s1. The Hall–Kier alpha value is -3.10. The third-order valence-corrected chi connectivity index (χ3v) is 7.04. The van der Waals surface area contributed by atoms with Crippen LogP contribution in [0.25, 0.3) is 0 Å². The summed E-state index contributed by atoms with van der Waals surface area (Å²) in [6.45, 7) is 13.3. The summed E-state index contributed by atoms with van der Waals surface area (Å²) in [4.78, 5) is 53.1. The van der Waals surface area contributed by atoms with Crippen molar-refractivity contribution < 1.29 is 29.0 Å². The van der Waals surface area contributed by atoms with Gasteiger partial charge in [-0.2, -0.15) is 0 Å². The molecule has 3 amide bonds. The van der Waals surface area contributed by atoms with Crippen LogP contribution >= 0.6 is 0 Å². The third kappa shape index (κ3) is 7.69. The van der Waals surface area contributed by atoms with Crippen molar-refractivity contribution in [3.8, 4) is 0 Å². The summed E-state index contributed by atoms with van der Waals surface area (Å²) in [5.74, 6) is -2.48. The summed E-state index contributed by atoms with van der Waals surface area (Å²) >= 11 is 0. The molecular formula is C28H43N3O6. The van der Waals surface area contributed by atoms with Crippen molar-refractivity contribution in [1.29, 1.82) is 0 Å². The smallest absolute Gasteiger partial charge is 0.410 e. The minimum absolute atomic E-state index is 0.266. The Balaban J connectivity index is 2.28. The Kier molecular flexibility index (Phi) is 10.1. The molecule has 1 aromatic rings. The van der Waals surface area contributed by atoms with Gasteiger partial charge >= 0.3 is 12.1 Å². The van der Waals surface area contributed by atoms with Gasteiger partial charge in [0, 0.05) is 13.1 Å². The summed E-state index contributed by atoms with van der Waals surface area (Å²) < 4.78 is 5.51. The Morgan fingerprint density at radius 2 is 1.57 bits per heavy atom. The number of ether oxygens (including phenoxy) is 1. The lowest BCUT2D eigenvalue weighted by Gasteiger charge is -2.42. The number of carboxylic acids is 1. The molecule has 0 radical (unpaired) electrons. The fraction of sp³-hybridized carbons (Fsp3) is 0.643. The van der Waals surface area contributed by atoms with Gasteiger partial charge in [-0.25, -0.2) is 9.59 Å². The van der Waals surface area contributed by atoms with E-state index < -0.39 is 41.1 Å². The van der Waals surface area contributed by atoms with Crippen molar-refractivity contribution in [3.05, 3.63) is 35.9 Å². The van der Waals surface area contributed by atoms with E-state index in [2.05, 4.69) is 10.6 Å². The number of hydrogen-bond acceptors (Lipinski definition) is 5. The van der Waals surface area contributed by atoms with Crippen LogP contribution in [0.2, 0.25) is 0 Å². The number of hydrogen-bond donors (Lipinski definition) is 3. The number of piperidine rings is 1. The van der Waals surface area contributed by atoms with Gasteiger partial charge in [0.25, 0.3) is 0 Å². The monoisotopic (exact) mass is 517 g/mol. The second-order valence-electron chi connectivity index (χ2n) is 11.3. The lowest BCUT2D eigenvalue weighted by atomic mass is 9.71. The molecule has 0 aliphatic carbocycles. The number of rotatable bonds is 9. The Morgan fingerprint density at radius 3 is 2.03 bits per heavy atom. The number of nitrogens with zero attached hydrogens (tertiary/aromatic N) is 1. The molecule has 2 rings (SSSR count). The van der Waals surface area contributed by atoms with E-state index in [1.165, 1.54) is 0 Å². The van der Waals surface area contributed by atoms with Gasteiger partial charge in [-0.05, 0) is 51.0 Å². The van der Waals surface area contributed by atoms with E-state index in [9.17, 15) is 24.3 Å². The molecule has 1 unspecified atom stereocenters. The molecule has 1 aliphatic heterocycles. The normalized spacial score (nSPS) is 17.9. The highest BCUT2D eigenvalue weighted by Gasteiger charge is 2.46. The first-order valence-electron chi connectivity index (χ1n) is 13.1. The molecule has 0 spiro atoms. The molecule has 1 fully saturated rings. The number of likely N-dealkylation sites (tertiary alicyclic amines) is 1. The average Bonchev–Trinajstić information content (AvgIpc) is 2.84. The number of amides is 3. The Bertz CT molecular complexity index is 948. The molecule has 3 atom stereocenters. The summed E-state index contributed by atoms with van der Waals surface area (Å²) in [7, 11) is 0. The second kappa shape index (κ2) is 12.4. The molecule has 1 aromatic carbocycles. The van der Waals surface area contributed by atoms with Gasteiger partial charge in [-0.3, -0.25) is 9.59 Å². The molecule has 206 valence electrons. The number of carboxylic acid groups (broad SMARTS) is 1. The first kappa shape index (κ1) is 30.1. The van der Waals surface area contributed by atoms with Crippen molar-refractivity contribution in [1.82, 2.24) is 15.5 Å². The molecule has 0 saturated carbocycles. The molecule has 3 N–H and O–H groups in total. The zero-order chi connectivity index (χ0) is 28.0. The van der Waals surface area contributed by atoms with Crippen molar-refractivity contribution in [2.45, 2.75) is 90.8 Å². The van der Waals surface area contributed by atoms with Gasteiger partial charge in [-0.15, -0.1) is 0 Å². The maximum atomic E-state index is 13.9. The third-order valence-electron chi connectivity index (χ3n) is 7.04. The van der Waals surface area contributed by atoms with Gasteiger partial charge < -0.3 is 25.4 Å². The number of carbonyl (C=O) groups is 4. The predicted octanol–water partition coefficient (Wildman–Crippen LogP) is 3.71. The SMILES string of the molecule is CCC(C)[C@H](NC(=O)[C@@H](NC(=O)C1(c2ccccc2)CCN(C(=O)OC(C)(C)C)CC1)C(C)C)C(=O)O. The Labute approximate surface area is 220 Å². The van der Waals surface area contributed by atoms with Gasteiger partial charge in [0.1, 0.15) is 17.7 Å². The quantitative estimate of drug-likeness (QED) is 0.459. The van der Waals surface area contributed by atoms with Crippen LogP contribution in [0.4, 0.5) is 4.79 Å². The number of benzene rings is 1. The van der Waals surface area contributed by atoms with Gasteiger partial charge in [-0.1, -0.05) is 64.4 Å². The fourth-order valence-corrected chi connectivity index (χ4v) is 4.54. The zero-order valence-electron chi connectivity index (χ0n) is 23.2. The van der Waals surface area contributed by atoms with E-state index in [0.717, 1.165) is 5.56 Å². The van der Waals surface area contributed by atoms with Crippen LogP contribution in [0.3, 0.4) is 0 Å². The second-order valence-corrected chi connectivity index (χ2v) is 11.3. The van der Waals surface area contributed by atoms with E-state index in [1.807, 2.05) is 71.9 Å². The lowest BCUT2D eigenvalue weighted by Crippen LogP contribution is -2.60. The van der Waals surface area contributed by atoms with E-state index in [4.69, 9.17) is 4.74 Å². The molecule has 0 aromatic heterocycles. The first-order chi connectivity index (χ1) is 17.2. The summed E-state index contributed by atoms with van der Waals surface area (Å²) in [6, 6.07) is 7.41. The maximum absolute atomic E-state index is 13.9. The van der Waals surface area contributed by atoms with E-state index in [-0.39, 0.29) is 17.7 Å². The van der Waals surface area contributed by atoms with Gasteiger partial charge in [0.2, 0.25) is 11.8 Å². The highest BCUT2D eigenvalue weighted by molar-refractivity contribution is 5.94. The molecule has 1 aliphatic rings. The van der Waals surface area contributed by atoms with Crippen LogP contribution in [-0.2, 0) is 24.5 Å². The lowest BCUT2D eigenvalue weighted by molar-refractivity contribution is -0.144. The van der Waals surface area contributed by atoms with Crippen molar-refractivity contribution >= 4 is 23.9 Å². The largest absolute Gasteiger partial charge is 0.480 e. The summed E-state index contributed by atoms with van der Waals surface area (Å²) in [5, 5.41) is 15.2. The van der Waals surface area contributed by atoms with Crippen LogP contribution < -0.4 is 10.6 Å². The zero-order valence-corrected chi connectivity index (χ0v) is 23.2. The fourth-order valence-electron chi connectivity index (χ4n) is 4.54. The van der Waals surface area contributed by atoms with Crippen molar-refractivity contribution in [2.75, 3.05) is 13.1 Å². The van der Waals surface area contributed by atoms with Crippen molar-refractivity contribution in [2.24, 2.45) is 11.8 Å². The highest BCUT2D eigenvalue weighted by atomic mass is 16.6. The van der Waals surface area contributed by atoms with Crippen LogP contribution in [0, 0.1) is 11.8 Å². The minimum Gasteiger partial charge on any atom is -0.480 e. The Morgan fingerprint density at radius 1 is 1.00 bits per heavy atom. The van der Waals surface area contributed by atoms with E-state index in [1.54, 1.807) is 11.8 Å². The number of carbonyl (C=O) groups excluding carboxylic acids is 3. The molecule has 9 heteroatoms. The molecule has 1 saturated heterocycles. The number of nitrogens with one attached hydrogen (secondary N) is 2. The molecule has 9 nitrogen and oxygen atoms in total. The van der Waals surface area contributed by atoms with Gasteiger partial charge in [0.15, 0.2) is 0 Å². The first-order valence-corrected chi connectivity index (χ1v) is 13.1. The molecule has 1 heterocycles. The van der Waals surface area contributed by atoms with Crippen LogP contribution in [0.15, 0.2) is 30.3 Å². The topological polar surface area (TPSA) is 125 Å². The predicted molar refractivity (Wildman–Crippen MR) is 141 cm³/mol. The average molecular weight is 518 g/mol. The van der Waals surface area contributed by atoms with Gasteiger partial charge in [0.05, 0.1) is 5.41 Å². The van der Waals surface area contributed by atoms with Crippen LogP contribution in [0.1, 0.15) is 73.3 Å². The minimum atomic E-state index is -1.10. The summed E-state index contributed by atoms with van der Waals surface area (Å²) in [5.41, 5.74) is -0.762. The molecule has 37 heavy (non-hydrogen) atoms. The van der Waals surface area contributed by atoms with Crippen LogP contribution in [-0.4, -0.2) is 64.7 Å². The highest BCUT2D eigenvalue weighted by Crippen LogP contribution is 2.36. The number of aliphatic carboxylic acids is 1. The van der Waals surface area contributed by atoms with Crippen molar-refractivity contribution in [3.63, 3.8) is 0 Å². The van der Waals surface area contributed by atoms with E-state index in [0.29, 0.717) is 32.4 Å². The van der Waals surface area contributed by atoms with E-state index >= 15 is 0 Å². The molecular weight excluding hydrogens is 474 g/mol. The summed E-state index contributed by atoms with van der Waals surface area (Å²) in [6.07, 6.45) is 0.887. The van der Waals surface area contributed by atoms with Crippen LogP contribution in [0.5, 0.6) is 0 Å². The molecule has 0 bridgehead atoms.